The fraction of sp³-hybridized carbons (Fsp3) is 0.273. The number of rotatable bonds is 5. The second-order valence-corrected chi connectivity index (χ2v) is 3.62. The molecule has 110 valence electrons. The van der Waals surface area contributed by atoms with Crippen LogP contribution in [0, 0.1) is 23.3 Å². The van der Waals surface area contributed by atoms with Gasteiger partial charge >= 0.3 is 5.97 Å². The normalized spacial score (nSPS) is 12.1. The highest BCUT2D eigenvalue weighted by Crippen LogP contribution is 2.18. The molecule has 9 heteroatoms. The first-order valence-corrected chi connectivity index (χ1v) is 5.16. The lowest BCUT2D eigenvalue weighted by atomic mass is 10.1. The summed E-state index contributed by atoms with van der Waals surface area (Å²) >= 11 is 0. The van der Waals surface area contributed by atoms with Crippen LogP contribution in [0.25, 0.3) is 0 Å². The lowest BCUT2D eigenvalue weighted by Gasteiger charge is -2.12. The Morgan fingerprint density at radius 3 is 2.35 bits per heavy atom. The number of nitrogens with one attached hydrogen (secondary N) is 1. The van der Waals surface area contributed by atoms with Gasteiger partial charge in [-0.1, -0.05) is 0 Å². The first kappa shape index (κ1) is 15.9. The Morgan fingerprint density at radius 2 is 1.85 bits per heavy atom. The minimum absolute atomic E-state index is 0.172. The molecule has 0 aliphatic carbocycles. The van der Waals surface area contributed by atoms with E-state index in [1.807, 2.05) is 5.32 Å². The number of carbonyl (C=O) groups excluding carboxylic acids is 1. The van der Waals surface area contributed by atoms with Crippen LogP contribution in [-0.4, -0.2) is 36.7 Å². The van der Waals surface area contributed by atoms with Gasteiger partial charge in [-0.3, -0.25) is 4.79 Å². The lowest BCUT2D eigenvalue weighted by Crippen LogP contribution is -2.38. The zero-order chi connectivity index (χ0) is 15.4. The van der Waals surface area contributed by atoms with Gasteiger partial charge in [0.1, 0.15) is 0 Å². The molecule has 1 amide bonds. The molecule has 1 rings (SSSR count). The van der Waals surface area contributed by atoms with E-state index < -0.39 is 53.4 Å². The number of hydrogen-bond donors (Lipinski definition) is 2. The van der Waals surface area contributed by atoms with Gasteiger partial charge in [-0.15, -0.1) is 0 Å². The van der Waals surface area contributed by atoms with Gasteiger partial charge in [-0.25, -0.2) is 22.4 Å². The maximum absolute atomic E-state index is 13.3. The highest BCUT2D eigenvalue weighted by atomic mass is 19.2. The van der Waals surface area contributed by atoms with Gasteiger partial charge in [0.25, 0.3) is 5.91 Å². The fourth-order valence-electron chi connectivity index (χ4n) is 1.29. The Bertz CT molecular complexity index is 550. The van der Waals surface area contributed by atoms with Gasteiger partial charge in [0.2, 0.25) is 0 Å². The summed E-state index contributed by atoms with van der Waals surface area (Å²) in [6.07, 6.45) is -1.42. The summed E-state index contributed by atoms with van der Waals surface area (Å²) in [5.74, 6) is -10.5. The minimum Gasteiger partial charge on any atom is -0.479 e. The van der Waals surface area contributed by atoms with Crippen molar-refractivity contribution in [2.75, 3.05) is 13.7 Å². The molecule has 1 atom stereocenters. The second kappa shape index (κ2) is 6.33. The van der Waals surface area contributed by atoms with Crippen LogP contribution < -0.4 is 5.32 Å². The number of ether oxygens (including phenoxy) is 1. The van der Waals surface area contributed by atoms with Gasteiger partial charge in [-0.05, 0) is 6.07 Å². The molecule has 0 radical (unpaired) electrons. The molecule has 0 saturated carbocycles. The van der Waals surface area contributed by atoms with Crippen LogP contribution in [0.3, 0.4) is 0 Å². The average Bonchev–Trinajstić information content (AvgIpc) is 2.40. The predicted octanol–water partition coefficient (Wildman–Crippen LogP) is 1.07. The van der Waals surface area contributed by atoms with E-state index >= 15 is 0 Å². The molecule has 0 fully saturated rings. The molecule has 1 unspecified atom stereocenters. The van der Waals surface area contributed by atoms with Crippen LogP contribution in [0.4, 0.5) is 17.6 Å². The molecule has 0 aliphatic heterocycles. The number of hydrogen-bond acceptors (Lipinski definition) is 3. The molecular weight excluding hydrogens is 286 g/mol. The van der Waals surface area contributed by atoms with Crippen LogP contribution in [0.5, 0.6) is 0 Å². The molecule has 2 N–H and O–H groups in total. The van der Waals surface area contributed by atoms with Crippen molar-refractivity contribution in [3.8, 4) is 0 Å². The zero-order valence-corrected chi connectivity index (χ0v) is 10.0. The Hall–Kier alpha value is -2.16. The van der Waals surface area contributed by atoms with Crippen LogP contribution in [0.2, 0.25) is 0 Å². The molecule has 1 aromatic rings. The molecule has 0 spiro atoms. The SMILES string of the molecule is COC(CNC(=O)c1cc(F)c(F)c(F)c1F)C(=O)O. The number of methoxy groups -OCH3 is 1. The molecular formula is C11H9F4NO4. The van der Waals surface area contributed by atoms with Crippen molar-refractivity contribution in [2.24, 2.45) is 0 Å². The number of aliphatic carboxylic acids is 1. The Kier molecular flexibility index (Phi) is 5.03. The number of halogens is 4. The summed E-state index contributed by atoms with van der Waals surface area (Å²) in [6, 6.07) is 0.172. The smallest absolute Gasteiger partial charge is 0.334 e. The van der Waals surface area contributed by atoms with E-state index in [1.54, 1.807) is 0 Å². The second-order valence-electron chi connectivity index (χ2n) is 3.62. The van der Waals surface area contributed by atoms with Gasteiger partial charge in [-0.2, -0.15) is 0 Å². The van der Waals surface area contributed by atoms with Crippen molar-refractivity contribution in [1.29, 1.82) is 0 Å². The fourth-order valence-corrected chi connectivity index (χ4v) is 1.29. The maximum Gasteiger partial charge on any atom is 0.334 e. The summed E-state index contributed by atoms with van der Waals surface area (Å²) < 4.78 is 56.2. The molecule has 0 saturated heterocycles. The first-order valence-electron chi connectivity index (χ1n) is 5.16. The maximum atomic E-state index is 13.3. The number of benzene rings is 1. The lowest BCUT2D eigenvalue weighted by molar-refractivity contribution is -0.148. The Morgan fingerprint density at radius 1 is 1.25 bits per heavy atom. The summed E-state index contributed by atoms with van der Waals surface area (Å²) in [5.41, 5.74) is -1.08. The van der Waals surface area contributed by atoms with E-state index in [2.05, 4.69) is 4.74 Å². The minimum atomic E-state index is -2.13. The molecule has 0 aliphatic rings. The molecule has 5 nitrogen and oxygen atoms in total. The van der Waals surface area contributed by atoms with Gasteiger partial charge < -0.3 is 15.2 Å². The van der Waals surface area contributed by atoms with Crippen molar-refractivity contribution in [1.82, 2.24) is 5.32 Å². The third kappa shape index (κ3) is 3.23. The molecule has 20 heavy (non-hydrogen) atoms. The Labute approximate surface area is 110 Å². The summed E-state index contributed by atoms with van der Waals surface area (Å²) in [5, 5.41) is 10.5. The van der Waals surface area contributed by atoms with Crippen molar-refractivity contribution in [2.45, 2.75) is 6.10 Å². The van der Waals surface area contributed by atoms with E-state index in [9.17, 15) is 27.2 Å². The van der Waals surface area contributed by atoms with Crippen LogP contribution >= 0.6 is 0 Å². The standard InChI is InChI=1S/C11H9F4NO4/c1-20-6(11(18)19)3-16-10(17)4-2-5(12)8(14)9(15)7(4)13/h2,6H,3H2,1H3,(H,16,17)(H,18,19). The van der Waals surface area contributed by atoms with E-state index in [0.717, 1.165) is 7.11 Å². The van der Waals surface area contributed by atoms with Crippen LogP contribution in [-0.2, 0) is 9.53 Å². The van der Waals surface area contributed by atoms with Crippen molar-refractivity contribution >= 4 is 11.9 Å². The van der Waals surface area contributed by atoms with Gasteiger partial charge in [0, 0.05) is 7.11 Å². The van der Waals surface area contributed by atoms with Crippen molar-refractivity contribution in [3.63, 3.8) is 0 Å². The van der Waals surface area contributed by atoms with Crippen LogP contribution in [0.1, 0.15) is 10.4 Å². The zero-order valence-electron chi connectivity index (χ0n) is 10.0. The quantitative estimate of drug-likeness (QED) is 0.484. The number of carbonyl (C=O) groups is 2. The topological polar surface area (TPSA) is 75.6 Å². The number of carboxylic acids is 1. The molecule has 0 aromatic heterocycles. The highest BCUT2D eigenvalue weighted by Gasteiger charge is 2.24. The van der Waals surface area contributed by atoms with E-state index in [1.165, 1.54) is 0 Å². The number of amides is 1. The van der Waals surface area contributed by atoms with E-state index in [4.69, 9.17) is 5.11 Å². The summed E-state index contributed by atoms with van der Waals surface area (Å²) in [4.78, 5) is 22.0. The third-order valence-electron chi connectivity index (χ3n) is 2.36. The van der Waals surface area contributed by atoms with Gasteiger partial charge in [0.15, 0.2) is 29.4 Å². The molecule has 1 aromatic carbocycles. The molecule has 0 bridgehead atoms. The number of carboxylic acid groups (broad SMARTS) is 1. The Balaban J connectivity index is 2.91. The predicted molar refractivity (Wildman–Crippen MR) is 57.0 cm³/mol. The average molecular weight is 295 g/mol. The third-order valence-corrected chi connectivity index (χ3v) is 2.36. The van der Waals surface area contributed by atoms with Gasteiger partial charge in [0.05, 0.1) is 12.1 Å². The van der Waals surface area contributed by atoms with Crippen molar-refractivity contribution in [3.05, 3.63) is 34.9 Å². The van der Waals surface area contributed by atoms with E-state index in [-0.39, 0.29) is 6.07 Å². The van der Waals surface area contributed by atoms with E-state index in [0.29, 0.717) is 0 Å². The summed E-state index contributed by atoms with van der Waals surface area (Å²) in [7, 11) is 1.06. The highest BCUT2D eigenvalue weighted by molar-refractivity contribution is 5.94. The largest absolute Gasteiger partial charge is 0.479 e. The summed E-state index contributed by atoms with van der Waals surface area (Å²) in [6.45, 7) is -0.565. The molecule has 0 heterocycles. The monoisotopic (exact) mass is 295 g/mol. The first-order chi connectivity index (χ1) is 9.29. The van der Waals surface area contributed by atoms with Crippen molar-refractivity contribution < 1.29 is 37.0 Å². The van der Waals surface area contributed by atoms with Crippen LogP contribution in [0.15, 0.2) is 6.07 Å².